The lowest BCUT2D eigenvalue weighted by Gasteiger charge is -2.06. The Bertz CT molecular complexity index is 819. The van der Waals surface area contributed by atoms with Crippen LogP contribution in [-0.4, -0.2) is 33.4 Å². The number of ether oxygens (including phenoxy) is 1. The van der Waals surface area contributed by atoms with Gasteiger partial charge in [-0.05, 0) is 31.2 Å². The first-order valence-electron chi connectivity index (χ1n) is 7.88. The fourth-order valence-corrected chi connectivity index (χ4v) is 2.76. The predicted octanol–water partition coefficient (Wildman–Crippen LogP) is 3.60. The van der Waals surface area contributed by atoms with Crippen LogP contribution in [-0.2, 0) is 4.79 Å². The Morgan fingerprint density at radius 1 is 1.16 bits per heavy atom. The quantitative estimate of drug-likeness (QED) is 0.634. The normalized spacial score (nSPS) is 10.4. The highest BCUT2D eigenvalue weighted by molar-refractivity contribution is 7.99. The molecule has 25 heavy (non-hydrogen) atoms. The maximum atomic E-state index is 12.0. The van der Waals surface area contributed by atoms with Crippen LogP contribution in [0.2, 0.25) is 0 Å². The highest BCUT2D eigenvalue weighted by Crippen LogP contribution is 2.20. The topological polar surface area (TPSA) is 79.9 Å². The molecule has 0 aliphatic carbocycles. The van der Waals surface area contributed by atoms with Gasteiger partial charge in [-0.3, -0.25) is 9.89 Å². The van der Waals surface area contributed by atoms with E-state index in [1.807, 2.05) is 61.5 Å². The molecular formula is C18H18N4O2S. The smallest absolute Gasteiger partial charge is 0.234 e. The number of H-pyrrole nitrogens is 1. The number of aromatic amines is 1. The van der Waals surface area contributed by atoms with Crippen LogP contribution < -0.4 is 10.1 Å². The van der Waals surface area contributed by atoms with Gasteiger partial charge in [0.1, 0.15) is 5.75 Å². The van der Waals surface area contributed by atoms with Gasteiger partial charge < -0.3 is 10.1 Å². The number of nitrogens with one attached hydrogen (secondary N) is 2. The van der Waals surface area contributed by atoms with Crippen LogP contribution in [0.3, 0.4) is 0 Å². The van der Waals surface area contributed by atoms with Crippen LogP contribution >= 0.6 is 11.8 Å². The zero-order chi connectivity index (χ0) is 17.5. The highest BCUT2D eigenvalue weighted by Gasteiger charge is 2.09. The molecule has 0 spiro atoms. The summed E-state index contributed by atoms with van der Waals surface area (Å²) in [6.45, 7) is 2.54. The van der Waals surface area contributed by atoms with Gasteiger partial charge in [0, 0.05) is 11.3 Å². The molecule has 0 aliphatic rings. The van der Waals surface area contributed by atoms with Crippen molar-refractivity contribution in [1.82, 2.24) is 15.2 Å². The standard InChI is InChI=1S/C18H18N4O2S/c1-2-24-15-10-8-14(9-11-15)19-16(23)12-25-18-20-17(21-22-18)13-6-4-3-5-7-13/h3-11H,2,12H2,1H3,(H,19,23)(H,20,21,22). The molecule has 1 amide bonds. The van der Waals surface area contributed by atoms with Crippen molar-refractivity contribution in [3.05, 3.63) is 54.6 Å². The van der Waals surface area contributed by atoms with Gasteiger partial charge in [-0.2, -0.15) is 0 Å². The lowest BCUT2D eigenvalue weighted by atomic mass is 10.2. The fraction of sp³-hybridized carbons (Fsp3) is 0.167. The Kier molecular flexibility index (Phi) is 5.69. The van der Waals surface area contributed by atoms with Crippen LogP contribution in [0.1, 0.15) is 6.92 Å². The second-order valence-electron chi connectivity index (χ2n) is 5.13. The van der Waals surface area contributed by atoms with Gasteiger partial charge in [0.2, 0.25) is 11.1 Å². The van der Waals surface area contributed by atoms with Crippen LogP contribution in [0.25, 0.3) is 11.4 Å². The van der Waals surface area contributed by atoms with E-state index >= 15 is 0 Å². The summed E-state index contributed by atoms with van der Waals surface area (Å²) >= 11 is 1.28. The minimum atomic E-state index is -0.111. The van der Waals surface area contributed by atoms with Crippen molar-refractivity contribution >= 4 is 23.4 Å². The molecule has 3 aromatic rings. The SMILES string of the molecule is CCOc1ccc(NC(=O)CSc2n[nH]c(-c3ccccc3)n2)cc1. The number of aromatic nitrogens is 3. The van der Waals surface area contributed by atoms with E-state index in [2.05, 4.69) is 20.5 Å². The summed E-state index contributed by atoms with van der Waals surface area (Å²) < 4.78 is 5.37. The summed E-state index contributed by atoms with van der Waals surface area (Å²) in [7, 11) is 0. The largest absolute Gasteiger partial charge is 0.494 e. The molecule has 0 atom stereocenters. The average Bonchev–Trinajstić information content (AvgIpc) is 3.12. The van der Waals surface area contributed by atoms with Gasteiger partial charge in [-0.25, -0.2) is 4.98 Å². The molecule has 0 aliphatic heterocycles. The van der Waals surface area contributed by atoms with E-state index in [4.69, 9.17) is 4.74 Å². The number of nitrogens with zero attached hydrogens (tertiary/aromatic N) is 2. The highest BCUT2D eigenvalue weighted by atomic mass is 32.2. The molecule has 0 saturated heterocycles. The lowest BCUT2D eigenvalue weighted by molar-refractivity contribution is -0.113. The van der Waals surface area contributed by atoms with Crippen molar-refractivity contribution in [2.45, 2.75) is 12.1 Å². The Morgan fingerprint density at radius 2 is 1.92 bits per heavy atom. The number of amides is 1. The Balaban J connectivity index is 1.51. The van der Waals surface area contributed by atoms with Crippen molar-refractivity contribution in [3.8, 4) is 17.1 Å². The van der Waals surface area contributed by atoms with Crippen LogP contribution in [0.4, 0.5) is 5.69 Å². The summed E-state index contributed by atoms with van der Waals surface area (Å²) in [5.41, 5.74) is 1.69. The van der Waals surface area contributed by atoms with Crippen LogP contribution in [0, 0.1) is 0 Å². The average molecular weight is 354 g/mol. The lowest BCUT2D eigenvalue weighted by Crippen LogP contribution is -2.14. The molecule has 0 fully saturated rings. The fourth-order valence-electron chi connectivity index (χ4n) is 2.16. The number of anilines is 1. The van der Waals surface area contributed by atoms with Gasteiger partial charge in [0.05, 0.1) is 12.4 Å². The maximum Gasteiger partial charge on any atom is 0.234 e. The minimum Gasteiger partial charge on any atom is -0.494 e. The molecule has 0 bridgehead atoms. The molecule has 2 aromatic carbocycles. The number of carbonyl (C=O) groups excluding carboxylic acids is 1. The molecule has 128 valence electrons. The number of thioether (sulfide) groups is 1. The third-order valence-corrected chi connectivity index (χ3v) is 4.14. The first-order chi connectivity index (χ1) is 12.2. The molecule has 6 nitrogen and oxygen atoms in total. The monoisotopic (exact) mass is 354 g/mol. The van der Waals surface area contributed by atoms with E-state index in [9.17, 15) is 4.79 Å². The van der Waals surface area contributed by atoms with E-state index in [0.717, 1.165) is 17.0 Å². The Labute approximate surface area is 150 Å². The van der Waals surface area contributed by atoms with Crippen molar-refractivity contribution in [2.24, 2.45) is 0 Å². The van der Waals surface area contributed by atoms with Crippen molar-refractivity contribution in [3.63, 3.8) is 0 Å². The van der Waals surface area contributed by atoms with Gasteiger partial charge in [0.25, 0.3) is 0 Å². The summed E-state index contributed by atoms with van der Waals surface area (Å²) in [6, 6.07) is 17.0. The molecule has 2 N–H and O–H groups in total. The van der Waals surface area contributed by atoms with Gasteiger partial charge >= 0.3 is 0 Å². The van der Waals surface area contributed by atoms with Crippen LogP contribution in [0.15, 0.2) is 59.8 Å². The minimum absolute atomic E-state index is 0.111. The number of hydrogen-bond acceptors (Lipinski definition) is 5. The number of hydrogen-bond donors (Lipinski definition) is 2. The number of rotatable bonds is 7. The summed E-state index contributed by atoms with van der Waals surface area (Å²) in [6.07, 6.45) is 0. The Hall–Kier alpha value is -2.80. The van der Waals surface area contributed by atoms with Crippen LogP contribution in [0.5, 0.6) is 5.75 Å². The summed E-state index contributed by atoms with van der Waals surface area (Å²) in [5, 5.41) is 10.4. The second-order valence-corrected chi connectivity index (χ2v) is 6.07. The van der Waals surface area contributed by atoms with E-state index in [-0.39, 0.29) is 11.7 Å². The molecule has 0 unspecified atom stereocenters. The van der Waals surface area contributed by atoms with Crippen molar-refractivity contribution < 1.29 is 9.53 Å². The Morgan fingerprint density at radius 3 is 2.64 bits per heavy atom. The zero-order valence-electron chi connectivity index (χ0n) is 13.7. The molecule has 1 heterocycles. The van der Waals surface area contributed by atoms with Gasteiger partial charge in [-0.15, -0.1) is 5.10 Å². The molecule has 3 rings (SSSR count). The van der Waals surface area contributed by atoms with E-state index in [1.165, 1.54) is 11.8 Å². The van der Waals surface area contributed by atoms with E-state index in [0.29, 0.717) is 17.6 Å². The predicted molar refractivity (Wildman–Crippen MR) is 98.8 cm³/mol. The summed E-state index contributed by atoms with van der Waals surface area (Å²) in [4.78, 5) is 16.4. The molecule has 7 heteroatoms. The van der Waals surface area contributed by atoms with E-state index < -0.39 is 0 Å². The van der Waals surface area contributed by atoms with E-state index in [1.54, 1.807) is 0 Å². The molecule has 0 saturated carbocycles. The third-order valence-electron chi connectivity index (χ3n) is 3.29. The third kappa shape index (κ3) is 4.84. The molecule has 0 radical (unpaired) electrons. The number of benzene rings is 2. The maximum absolute atomic E-state index is 12.0. The van der Waals surface area contributed by atoms with Gasteiger partial charge in [-0.1, -0.05) is 42.1 Å². The van der Waals surface area contributed by atoms with Crippen molar-refractivity contribution in [1.29, 1.82) is 0 Å². The first-order valence-corrected chi connectivity index (χ1v) is 8.86. The van der Waals surface area contributed by atoms with Gasteiger partial charge in [0.15, 0.2) is 5.82 Å². The zero-order valence-corrected chi connectivity index (χ0v) is 14.5. The molecule has 1 aromatic heterocycles. The van der Waals surface area contributed by atoms with Crippen molar-refractivity contribution in [2.75, 3.05) is 17.7 Å². The molecular weight excluding hydrogens is 336 g/mol. The number of carbonyl (C=O) groups is 1. The first kappa shape index (κ1) is 17.0. The second kappa shape index (κ2) is 8.34. The summed E-state index contributed by atoms with van der Waals surface area (Å²) in [5.74, 6) is 1.60.